The molecule has 3 rings (SSSR count). The maximum absolute atomic E-state index is 12.2. The fourth-order valence-corrected chi connectivity index (χ4v) is 2.91. The minimum Gasteiger partial charge on any atom is -0.478 e. The molecule has 2 amide bonds. The molecule has 6 nitrogen and oxygen atoms in total. The second-order valence-corrected chi connectivity index (χ2v) is 6.90. The number of carboxylic acids is 1. The summed E-state index contributed by atoms with van der Waals surface area (Å²) in [7, 11) is 0. The summed E-state index contributed by atoms with van der Waals surface area (Å²) in [5.74, 6) is -0.593. The third-order valence-electron chi connectivity index (χ3n) is 4.73. The van der Waals surface area contributed by atoms with Gasteiger partial charge in [-0.25, -0.2) is 4.79 Å². The van der Waals surface area contributed by atoms with Crippen molar-refractivity contribution in [2.45, 2.75) is 19.8 Å². The van der Waals surface area contributed by atoms with Crippen LogP contribution >= 0.6 is 0 Å². The van der Waals surface area contributed by atoms with Crippen LogP contribution in [-0.4, -0.2) is 29.4 Å². The number of amides is 2. The summed E-state index contributed by atoms with van der Waals surface area (Å²) in [5.41, 5.74) is 2.27. The molecule has 0 aromatic heterocycles. The SMILES string of the molecule is CC1CC1C(=O)Nc1ccc(C(=O)NCCc2cccc(C(=O)O)c2)cc1. The molecule has 0 aliphatic heterocycles. The van der Waals surface area contributed by atoms with Gasteiger partial charge in [-0.3, -0.25) is 9.59 Å². The van der Waals surface area contributed by atoms with Gasteiger partial charge in [-0.2, -0.15) is 0 Å². The Labute approximate surface area is 157 Å². The first-order chi connectivity index (χ1) is 12.9. The summed E-state index contributed by atoms with van der Waals surface area (Å²) < 4.78 is 0. The Hall–Kier alpha value is -3.15. The van der Waals surface area contributed by atoms with Crippen molar-refractivity contribution >= 4 is 23.5 Å². The molecule has 0 bridgehead atoms. The Bertz CT molecular complexity index is 861. The van der Waals surface area contributed by atoms with Gasteiger partial charge in [0.2, 0.25) is 5.91 Å². The fourth-order valence-electron chi connectivity index (χ4n) is 2.91. The number of aromatic carboxylic acids is 1. The predicted molar refractivity (Wildman–Crippen MR) is 102 cm³/mol. The number of hydrogen-bond donors (Lipinski definition) is 3. The van der Waals surface area contributed by atoms with Crippen LogP contribution in [0.3, 0.4) is 0 Å². The summed E-state index contributed by atoms with van der Waals surface area (Å²) in [4.78, 5) is 35.1. The molecule has 3 N–H and O–H groups in total. The maximum Gasteiger partial charge on any atom is 0.335 e. The lowest BCUT2D eigenvalue weighted by Crippen LogP contribution is -2.25. The molecule has 1 aliphatic carbocycles. The molecule has 6 heteroatoms. The van der Waals surface area contributed by atoms with E-state index in [0.29, 0.717) is 30.1 Å². The van der Waals surface area contributed by atoms with Crippen LogP contribution < -0.4 is 10.6 Å². The monoisotopic (exact) mass is 366 g/mol. The minimum absolute atomic E-state index is 0.0308. The van der Waals surface area contributed by atoms with Gasteiger partial charge in [0.25, 0.3) is 5.91 Å². The summed E-state index contributed by atoms with van der Waals surface area (Å²) in [6, 6.07) is 13.4. The number of carbonyl (C=O) groups excluding carboxylic acids is 2. The van der Waals surface area contributed by atoms with Crippen LogP contribution in [0.1, 0.15) is 39.6 Å². The van der Waals surface area contributed by atoms with Gasteiger partial charge >= 0.3 is 5.97 Å². The number of anilines is 1. The van der Waals surface area contributed by atoms with Gasteiger partial charge in [0.05, 0.1) is 5.56 Å². The maximum atomic E-state index is 12.2. The molecule has 0 saturated heterocycles. The Morgan fingerprint density at radius 2 is 1.78 bits per heavy atom. The van der Waals surface area contributed by atoms with Gasteiger partial charge in [0.1, 0.15) is 0 Å². The van der Waals surface area contributed by atoms with Crippen LogP contribution in [-0.2, 0) is 11.2 Å². The van der Waals surface area contributed by atoms with E-state index < -0.39 is 5.97 Å². The first kappa shape index (κ1) is 18.6. The second-order valence-electron chi connectivity index (χ2n) is 6.90. The zero-order valence-electron chi connectivity index (χ0n) is 15.1. The summed E-state index contributed by atoms with van der Waals surface area (Å²) >= 11 is 0. The highest BCUT2D eigenvalue weighted by Crippen LogP contribution is 2.38. The lowest BCUT2D eigenvalue weighted by Gasteiger charge is -2.08. The average Bonchev–Trinajstić information content (AvgIpc) is 3.39. The third kappa shape index (κ3) is 4.94. The molecular weight excluding hydrogens is 344 g/mol. The summed E-state index contributed by atoms with van der Waals surface area (Å²) in [6.45, 7) is 2.45. The number of carbonyl (C=O) groups is 3. The van der Waals surface area contributed by atoms with E-state index in [1.54, 1.807) is 36.4 Å². The Morgan fingerprint density at radius 3 is 2.41 bits per heavy atom. The zero-order valence-corrected chi connectivity index (χ0v) is 15.1. The van der Waals surface area contributed by atoms with E-state index in [2.05, 4.69) is 17.6 Å². The molecule has 1 saturated carbocycles. The zero-order chi connectivity index (χ0) is 19.4. The Balaban J connectivity index is 1.48. The molecule has 27 heavy (non-hydrogen) atoms. The van der Waals surface area contributed by atoms with Crippen LogP contribution in [0.25, 0.3) is 0 Å². The van der Waals surface area contributed by atoms with Gasteiger partial charge < -0.3 is 15.7 Å². The number of rotatable bonds is 7. The number of benzene rings is 2. The molecule has 1 fully saturated rings. The summed E-state index contributed by atoms with van der Waals surface area (Å²) in [5, 5.41) is 14.7. The second kappa shape index (κ2) is 8.03. The molecule has 2 unspecified atom stereocenters. The smallest absolute Gasteiger partial charge is 0.335 e. The van der Waals surface area contributed by atoms with E-state index in [1.807, 2.05) is 6.07 Å². The molecule has 0 heterocycles. The van der Waals surface area contributed by atoms with E-state index in [-0.39, 0.29) is 23.3 Å². The molecule has 2 aromatic rings. The minimum atomic E-state index is -0.968. The lowest BCUT2D eigenvalue weighted by atomic mass is 10.1. The van der Waals surface area contributed by atoms with Gasteiger partial charge in [0.15, 0.2) is 0 Å². The van der Waals surface area contributed by atoms with Gasteiger partial charge in [0, 0.05) is 23.7 Å². The first-order valence-corrected chi connectivity index (χ1v) is 8.95. The molecule has 2 atom stereocenters. The van der Waals surface area contributed by atoms with Crippen molar-refractivity contribution in [3.63, 3.8) is 0 Å². The van der Waals surface area contributed by atoms with E-state index in [9.17, 15) is 14.4 Å². The summed E-state index contributed by atoms with van der Waals surface area (Å²) in [6.07, 6.45) is 1.47. The van der Waals surface area contributed by atoms with E-state index >= 15 is 0 Å². The van der Waals surface area contributed by atoms with Crippen molar-refractivity contribution < 1.29 is 19.5 Å². The quantitative estimate of drug-likeness (QED) is 0.702. The highest BCUT2D eigenvalue weighted by atomic mass is 16.4. The average molecular weight is 366 g/mol. The molecule has 0 radical (unpaired) electrons. The van der Waals surface area contributed by atoms with Crippen molar-refractivity contribution in [1.29, 1.82) is 0 Å². The molecule has 140 valence electrons. The van der Waals surface area contributed by atoms with Crippen LogP contribution in [0, 0.1) is 11.8 Å². The predicted octanol–water partition coefficient (Wildman–Crippen LogP) is 2.95. The Kier molecular flexibility index (Phi) is 5.54. The van der Waals surface area contributed by atoms with Crippen LogP contribution in [0.5, 0.6) is 0 Å². The van der Waals surface area contributed by atoms with Crippen LogP contribution in [0.15, 0.2) is 48.5 Å². The molecule has 2 aromatic carbocycles. The van der Waals surface area contributed by atoms with Gasteiger partial charge in [-0.1, -0.05) is 19.1 Å². The van der Waals surface area contributed by atoms with Crippen molar-refractivity contribution in [2.75, 3.05) is 11.9 Å². The third-order valence-corrected chi connectivity index (χ3v) is 4.73. The highest BCUT2D eigenvalue weighted by Gasteiger charge is 2.39. The first-order valence-electron chi connectivity index (χ1n) is 8.95. The normalized spacial score (nSPS) is 17.8. The van der Waals surface area contributed by atoms with Gasteiger partial charge in [-0.15, -0.1) is 0 Å². The highest BCUT2D eigenvalue weighted by molar-refractivity contribution is 5.97. The van der Waals surface area contributed by atoms with E-state index in [1.165, 1.54) is 6.07 Å². The fraction of sp³-hybridized carbons (Fsp3) is 0.286. The van der Waals surface area contributed by atoms with Crippen LogP contribution in [0.2, 0.25) is 0 Å². The number of carboxylic acid groups (broad SMARTS) is 1. The number of hydrogen-bond acceptors (Lipinski definition) is 3. The lowest BCUT2D eigenvalue weighted by molar-refractivity contribution is -0.117. The van der Waals surface area contributed by atoms with Gasteiger partial charge in [-0.05, 0) is 60.7 Å². The topological polar surface area (TPSA) is 95.5 Å². The van der Waals surface area contributed by atoms with Crippen molar-refractivity contribution in [3.8, 4) is 0 Å². The van der Waals surface area contributed by atoms with E-state index in [4.69, 9.17) is 5.11 Å². The van der Waals surface area contributed by atoms with Crippen molar-refractivity contribution in [3.05, 3.63) is 65.2 Å². The van der Waals surface area contributed by atoms with E-state index in [0.717, 1.165) is 12.0 Å². The standard InChI is InChI=1S/C21H22N2O4/c1-13-11-18(13)20(25)23-17-7-5-15(6-8-17)19(24)22-10-9-14-3-2-4-16(12-14)21(26)27/h2-8,12-13,18H,9-11H2,1H3,(H,22,24)(H,23,25)(H,26,27). The number of nitrogens with one attached hydrogen (secondary N) is 2. The van der Waals surface area contributed by atoms with Crippen LogP contribution in [0.4, 0.5) is 5.69 Å². The Morgan fingerprint density at radius 1 is 1.07 bits per heavy atom. The van der Waals surface area contributed by atoms with Crippen molar-refractivity contribution in [2.24, 2.45) is 11.8 Å². The molecule has 0 spiro atoms. The molecule has 1 aliphatic rings. The largest absolute Gasteiger partial charge is 0.478 e. The molecular formula is C21H22N2O4. The van der Waals surface area contributed by atoms with Crippen molar-refractivity contribution in [1.82, 2.24) is 5.32 Å².